The third-order valence-corrected chi connectivity index (χ3v) is 1.41. The average molecular weight is 328 g/mol. The van der Waals surface area contributed by atoms with Gasteiger partial charge in [0.1, 0.15) is 6.61 Å². The first-order valence-electron chi connectivity index (χ1n) is 4.23. The minimum atomic E-state index is -2.86. The van der Waals surface area contributed by atoms with Crippen molar-refractivity contribution in [1.82, 2.24) is 0 Å². The van der Waals surface area contributed by atoms with E-state index in [0.717, 1.165) is 0 Å². The number of aliphatic hydroxyl groups is 2. The first-order chi connectivity index (χ1) is 8.05. The van der Waals surface area contributed by atoms with E-state index in [2.05, 4.69) is 0 Å². The first-order valence-corrected chi connectivity index (χ1v) is 4.23. The van der Waals surface area contributed by atoms with Crippen LogP contribution in [0, 0.1) is 0 Å². The van der Waals surface area contributed by atoms with Gasteiger partial charge >= 0.3 is 92.9 Å². The fraction of sp³-hybridized carbons (Fsp3) is 0.500. The molecule has 0 heterocycles. The van der Waals surface area contributed by atoms with E-state index in [1.54, 1.807) is 0 Å². The number of carbonyl (C=O) groups is 4. The summed E-state index contributed by atoms with van der Waals surface area (Å²) in [6, 6.07) is 0. The molecule has 4 N–H and O–H groups in total. The van der Waals surface area contributed by atoms with Crippen LogP contribution in [-0.2, 0) is 19.2 Å². The van der Waals surface area contributed by atoms with Gasteiger partial charge in [-0.3, -0.25) is 0 Å². The quantitative estimate of drug-likeness (QED) is 0.340. The van der Waals surface area contributed by atoms with Crippen LogP contribution in [0.15, 0.2) is 0 Å². The number of carboxylic acid groups (broad SMARTS) is 4. The summed E-state index contributed by atoms with van der Waals surface area (Å²) in [5.74, 6) is -6.84. The van der Waals surface area contributed by atoms with Crippen molar-refractivity contribution in [3.63, 3.8) is 0 Å². The Morgan fingerprint density at radius 2 is 1.20 bits per heavy atom. The Labute approximate surface area is 177 Å². The van der Waals surface area contributed by atoms with Crippen molar-refractivity contribution in [2.24, 2.45) is 0 Å². The van der Waals surface area contributed by atoms with Crippen LogP contribution in [0.25, 0.3) is 0 Å². The molecule has 0 aliphatic heterocycles. The van der Waals surface area contributed by atoms with E-state index < -0.39 is 48.9 Å². The molecule has 0 saturated carbocycles. The van der Waals surface area contributed by atoms with Crippen molar-refractivity contribution >= 4 is 23.9 Å². The van der Waals surface area contributed by atoms with Gasteiger partial charge in [-0.25, -0.2) is 9.59 Å². The molecule has 0 aliphatic carbocycles. The third kappa shape index (κ3) is 16.5. The molecule has 12 heteroatoms. The Morgan fingerprint density at radius 1 is 0.950 bits per heavy atom. The molecule has 0 aromatic rings. The predicted molar refractivity (Wildman–Crippen MR) is 46.6 cm³/mol. The summed E-state index contributed by atoms with van der Waals surface area (Å²) in [5, 5.41) is 52.2. The Morgan fingerprint density at radius 3 is 1.30 bits per heavy atom. The van der Waals surface area contributed by atoms with Gasteiger partial charge in [0, 0.05) is 24.8 Å². The van der Waals surface area contributed by atoms with Crippen LogP contribution in [-0.4, -0.2) is 56.5 Å². The van der Waals surface area contributed by atoms with Crippen LogP contribution in [0.1, 0.15) is 12.8 Å². The largest absolute Gasteiger partial charge is 1.00 e. The molecule has 0 fully saturated rings. The van der Waals surface area contributed by atoms with Gasteiger partial charge in [0.15, 0.2) is 5.60 Å². The van der Waals surface area contributed by atoms with Gasteiger partial charge in [0.2, 0.25) is 0 Å². The number of carboxylic acids is 4. The predicted octanol–water partition coefficient (Wildman–Crippen LogP) is -10.8. The Balaban J connectivity index is -0.000000158. The fourth-order valence-corrected chi connectivity index (χ4v) is 0.691. The van der Waals surface area contributed by atoms with E-state index in [4.69, 9.17) is 25.2 Å². The standard InChI is InChI=1S/C6H8O7.C2H4O3.K.Na/c7-3(8)1-6(13,5(11)12)2-4(9)10;3-1-2(4)5;;/h13H,1-2H2,(H,7,8)(H,9,10)(H,11,12);3H,1H2,(H,4,5);;/q;;2*+1/p-2. The number of aliphatic carboxylic acids is 4. The molecule has 0 aliphatic rings. The smallest absolute Gasteiger partial charge is 0.550 e. The Kier molecular flexibility index (Phi) is 20.5. The molecule has 0 rings (SSSR count). The molecule has 0 atom stereocenters. The molecule has 0 aromatic carbocycles. The van der Waals surface area contributed by atoms with Crippen molar-refractivity contribution in [2.45, 2.75) is 18.4 Å². The minimum Gasteiger partial charge on any atom is -0.550 e. The summed E-state index contributed by atoms with van der Waals surface area (Å²) in [5.41, 5.74) is -2.86. The van der Waals surface area contributed by atoms with Crippen LogP contribution in [0.4, 0.5) is 0 Å². The molecule has 0 unspecified atom stereocenters. The Bertz CT molecular complexity index is 328. The summed E-state index contributed by atoms with van der Waals surface area (Å²) in [6.45, 7) is -0.778. The molecule has 0 amide bonds. The summed E-state index contributed by atoms with van der Waals surface area (Å²) in [6.07, 6.45) is -2.59. The molecule has 0 spiro atoms. The molecule has 20 heavy (non-hydrogen) atoms. The number of hydrogen-bond donors (Lipinski definition) is 4. The normalized spacial score (nSPS) is 8.90. The van der Waals surface area contributed by atoms with Crippen molar-refractivity contribution in [3.05, 3.63) is 0 Å². The topological polar surface area (TPSA) is 195 Å². The van der Waals surface area contributed by atoms with E-state index in [9.17, 15) is 24.6 Å². The monoisotopic (exact) mass is 328 g/mol. The molecule has 0 radical (unpaired) electrons. The van der Waals surface area contributed by atoms with Gasteiger partial charge in [-0.2, -0.15) is 0 Å². The second kappa shape index (κ2) is 14.4. The molecule has 10 nitrogen and oxygen atoms in total. The maximum absolute atomic E-state index is 10.3. The van der Waals surface area contributed by atoms with Gasteiger partial charge < -0.3 is 40.2 Å². The molecule has 0 saturated heterocycles. The summed E-state index contributed by atoms with van der Waals surface area (Å²) in [7, 11) is 0. The maximum atomic E-state index is 10.3. The van der Waals surface area contributed by atoms with Crippen LogP contribution in [0.5, 0.6) is 0 Å². The van der Waals surface area contributed by atoms with Gasteiger partial charge in [0.05, 0.1) is 0 Å². The number of hydrogen-bond acceptors (Lipinski definition) is 8. The van der Waals surface area contributed by atoms with E-state index in [0.29, 0.717) is 0 Å². The number of carbonyl (C=O) groups excluding carboxylic acids is 2. The van der Waals surface area contributed by atoms with Gasteiger partial charge in [-0.1, -0.05) is 0 Å². The summed E-state index contributed by atoms with van der Waals surface area (Å²) in [4.78, 5) is 39.3. The van der Waals surface area contributed by atoms with Gasteiger partial charge in [-0.05, 0) is 0 Å². The van der Waals surface area contributed by atoms with Crippen LogP contribution in [0.3, 0.4) is 0 Å². The zero-order chi connectivity index (χ0) is 14.9. The van der Waals surface area contributed by atoms with E-state index in [-0.39, 0.29) is 80.9 Å². The molecule has 104 valence electrons. The summed E-state index contributed by atoms with van der Waals surface area (Å²) >= 11 is 0. The molecule has 0 bridgehead atoms. The van der Waals surface area contributed by atoms with E-state index in [1.165, 1.54) is 0 Å². The van der Waals surface area contributed by atoms with Crippen molar-refractivity contribution in [3.8, 4) is 0 Å². The minimum absolute atomic E-state index is 0. The molecular weight excluding hydrogens is 318 g/mol. The number of aliphatic hydroxyl groups excluding tert-OH is 1. The maximum Gasteiger partial charge on any atom is 1.00 e. The van der Waals surface area contributed by atoms with Gasteiger partial charge in [0.25, 0.3) is 0 Å². The number of rotatable bonds is 6. The third-order valence-electron chi connectivity index (χ3n) is 1.41. The second-order valence-corrected chi connectivity index (χ2v) is 2.99. The second-order valence-electron chi connectivity index (χ2n) is 2.99. The van der Waals surface area contributed by atoms with Crippen molar-refractivity contribution in [1.29, 1.82) is 0 Å². The Hall–Kier alpha value is 0.436. The van der Waals surface area contributed by atoms with Crippen LogP contribution >= 0.6 is 0 Å². The van der Waals surface area contributed by atoms with Crippen LogP contribution < -0.4 is 91.2 Å². The fourth-order valence-electron chi connectivity index (χ4n) is 0.691. The van der Waals surface area contributed by atoms with E-state index >= 15 is 0 Å². The average Bonchev–Trinajstić information content (AvgIpc) is 2.15. The SMILES string of the molecule is O=C(O)CO.O=C([O-])CC(O)(CC(=O)[O-])C(=O)O.[K+].[Na+]. The first kappa shape index (κ1) is 28.6. The van der Waals surface area contributed by atoms with Crippen molar-refractivity contribution in [2.75, 3.05) is 6.61 Å². The van der Waals surface area contributed by atoms with Crippen LogP contribution in [0.2, 0.25) is 0 Å². The summed E-state index contributed by atoms with van der Waals surface area (Å²) < 4.78 is 0. The molecular formula is C8H10KNaO10. The zero-order valence-electron chi connectivity index (χ0n) is 10.9. The molecule has 0 aromatic heterocycles. The van der Waals surface area contributed by atoms with E-state index in [1.807, 2.05) is 0 Å². The zero-order valence-corrected chi connectivity index (χ0v) is 16.0. The van der Waals surface area contributed by atoms with Gasteiger partial charge in [-0.15, -0.1) is 0 Å². The van der Waals surface area contributed by atoms with Crippen molar-refractivity contribution < 1.29 is 131 Å².